The van der Waals surface area contributed by atoms with Gasteiger partial charge in [0.05, 0.1) is 19.8 Å². The van der Waals surface area contributed by atoms with Crippen LogP contribution in [0.5, 0.6) is 0 Å². The molecule has 1 aromatic carbocycles. The molecule has 1 N–H and O–H groups in total. The van der Waals surface area contributed by atoms with Crippen LogP contribution in [0.4, 0.5) is 0 Å². The number of rotatable bonds is 6. The third kappa shape index (κ3) is 3.67. The van der Waals surface area contributed by atoms with Crippen molar-refractivity contribution in [1.29, 1.82) is 0 Å². The largest absolute Gasteiger partial charge is 0.469 e. The molecule has 0 bridgehead atoms. The maximum absolute atomic E-state index is 12.0. The van der Waals surface area contributed by atoms with Gasteiger partial charge in [-0.05, 0) is 31.4 Å². The molecule has 0 aliphatic heterocycles. The lowest BCUT2D eigenvalue weighted by Gasteiger charge is -2.04. The van der Waals surface area contributed by atoms with Gasteiger partial charge in [0, 0.05) is 23.9 Å². The molecule has 0 aliphatic rings. The zero-order chi connectivity index (χ0) is 16.1. The zero-order valence-corrected chi connectivity index (χ0v) is 13.2. The average molecular weight is 303 g/mol. The van der Waals surface area contributed by atoms with Gasteiger partial charge in [0.25, 0.3) is 0 Å². The third-order valence-corrected chi connectivity index (χ3v) is 3.80. The van der Waals surface area contributed by atoms with Gasteiger partial charge in [-0.1, -0.05) is 12.1 Å². The molecule has 0 saturated carbocycles. The molecule has 2 rings (SSSR count). The van der Waals surface area contributed by atoms with E-state index >= 15 is 0 Å². The van der Waals surface area contributed by atoms with Gasteiger partial charge in [-0.3, -0.25) is 9.59 Å². The number of hydrogen-bond acceptors (Lipinski definition) is 4. The highest BCUT2D eigenvalue weighted by molar-refractivity contribution is 5.89. The van der Waals surface area contributed by atoms with Gasteiger partial charge >= 0.3 is 5.97 Å². The molecule has 5 nitrogen and oxygen atoms in total. The number of methoxy groups -OCH3 is 1. The van der Waals surface area contributed by atoms with Crippen LogP contribution in [0.2, 0.25) is 0 Å². The summed E-state index contributed by atoms with van der Waals surface area (Å²) in [6.07, 6.45) is 2.80. The lowest BCUT2D eigenvalue weighted by molar-refractivity contribution is -0.140. The molecule has 0 unspecified atom stereocenters. The van der Waals surface area contributed by atoms with Gasteiger partial charge in [-0.25, -0.2) is 0 Å². The predicted octanol–water partition coefficient (Wildman–Crippen LogP) is 2.66. The Morgan fingerprint density at radius 1 is 1.27 bits per heavy atom. The minimum absolute atomic E-state index is 0.0780. The molecule has 0 aliphatic carbocycles. The van der Waals surface area contributed by atoms with Gasteiger partial charge < -0.3 is 14.5 Å². The molecule has 0 saturated heterocycles. The number of carbonyl (C=O) groups excluding carboxylic acids is 2. The van der Waals surface area contributed by atoms with E-state index < -0.39 is 0 Å². The number of amides is 1. The number of ether oxygens (including phenoxy) is 1. The first-order chi connectivity index (χ1) is 10.5. The van der Waals surface area contributed by atoms with E-state index in [0.717, 1.165) is 22.1 Å². The van der Waals surface area contributed by atoms with Gasteiger partial charge in [0.1, 0.15) is 5.58 Å². The maximum Gasteiger partial charge on any atom is 0.305 e. The van der Waals surface area contributed by atoms with E-state index in [4.69, 9.17) is 4.42 Å². The van der Waals surface area contributed by atoms with Crippen LogP contribution in [0.15, 0.2) is 22.8 Å². The number of benzene rings is 1. The van der Waals surface area contributed by atoms with Crippen LogP contribution in [-0.2, 0) is 20.7 Å². The molecule has 118 valence electrons. The van der Waals surface area contributed by atoms with Crippen LogP contribution in [0.1, 0.15) is 29.5 Å². The van der Waals surface area contributed by atoms with Crippen LogP contribution in [0.3, 0.4) is 0 Å². The second-order valence-corrected chi connectivity index (χ2v) is 5.35. The van der Waals surface area contributed by atoms with E-state index in [9.17, 15) is 9.59 Å². The topological polar surface area (TPSA) is 68.5 Å². The summed E-state index contributed by atoms with van der Waals surface area (Å²) in [6, 6.07) is 4.02. The van der Waals surface area contributed by atoms with Crippen molar-refractivity contribution in [2.45, 2.75) is 33.1 Å². The minimum atomic E-state index is -0.263. The Balaban J connectivity index is 1.92. The van der Waals surface area contributed by atoms with Crippen molar-refractivity contribution in [3.8, 4) is 0 Å². The van der Waals surface area contributed by atoms with Gasteiger partial charge in [-0.2, -0.15) is 0 Å². The van der Waals surface area contributed by atoms with E-state index in [-0.39, 0.29) is 18.3 Å². The quantitative estimate of drug-likeness (QED) is 0.658. The zero-order valence-electron chi connectivity index (χ0n) is 13.2. The second-order valence-electron chi connectivity index (χ2n) is 5.35. The number of nitrogens with one attached hydrogen (secondary N) is 1. The summed E-state index contributed by atoms with van der Waals surface area (Å²) >= 11 is 0. The third-order valence-electron chi connectivity index (χ3n) is 3.80. The fourth-order valence-corrected chi connectivity index (χ4v) is 2.32. The Morgan fingerprint density at radius 3 is 2.77 bits per heavy atom. The van der Waals surface area contributed by atoms with Crippen molar-refractivity contribution in [3.63, 3.8) is 0 Å². The molecule has 1 aromatic heterocycles. The Kier molecular flexibility index (Phi) is 5.20. The molecule has 1 amide bonds. The Bertz CT molecular complexity index is 687. The monoisotopic (exact) mass is 303 g/mol. The van der Waals surface area contributed by atoms with Crippen LogP contribution in [0, 0.1) is 13.8 Å². The number of fused-ring (bicyclic) bond motifs is 1. The highest BCUT2D eigenvalue weighted by atomic mass is 16.5. The normalized spacial score (nSPS) is 10.7. The van der Waals surface area contributed by atoms with E-state index in [2.05, 4.69) is 10.1 Å². The van der Waals surface area contributed by atoms with E-state index in [1.807, 2.05) is 26.0 Å². The Hall–Kier alpha value is -2.30. The highest BCUT2D eigenvalue weighted by Crippen LogP contribution is 2.26. The minimum Gasteiger partial charge on any atom is -0.469 e. The first-order valence-electron chi connectivity index (χ1n) is 7.32. The smallest absolute Gasteiger partial charge is 0.305 e. The first-order valence-corrected chi connectivity index (χ1v) is 7.32. The van der Waals surface area contributed by atoms with E-state index in [1.165, 1.54) is 12.7 Å². The van der Waals surface area contributed by atoms with Crippen LogP contribution < -0.4 is 5.32 Å². The van der Waals surface area contributed by atoms with Crippen molar-refractivity contribution in [1.82, 2.24) is 5.32 Å². The van der Waals surface area contributed by atoms with Crippen LogP contribution in [-0.4, -0.2) is 25.5 Å². The Morgan fingerprint density at radius 2 is 2.05 bits per heavy atom. The summed E-state index contributed by atoms with van der Waals surface area (Å²) < 4.78 is 10.1. The van der Waals surface area contributed by atoms with E-state index in [0.29, 0.717) is 19.4 Å². The molecule has 2 aromatic rings. The molecule has 0 spiro atoms. The van der Waals surface area contributed by atoms with Crippen LogP contribution in [0.25, 0.3) is 11.0 Å². The van der Waals surface area contributed by atoms with Gasteiger partial charge in [-0.15, -0.1) is 0 Å². The standard InChI is InChI=1S/C17H21NO4/c1-11-6-7-14-13(10-22-17(14)12(11)2)9-15(19)18-8-4-5-16(20)21-3/h6-7,10H,4-5,8-9H2,1-3H3,(H,18,19). The fourth-order valence-electron chi connectivity index (χ4n) is 2.32. The molecular formula is C17H21NO4. The van der Waals surface area contributed by atoms with Gasteiger partial charge in [0.15, 0.2) is 0 Å². The summed E-state index contributed by atoms with van der Waals surface area (Å²) in [5.41, 5.74) is 3.99. The second kappa shape index (κ2) is 7.11. The summed E-state index contributed by atoms with van der Waals surface area (Å²) in [7, 11) is 1.36. The predicted molar refractivity (Wildman–Crippen MR) is 83.7 cm³/mol. The van der Waals surface area contributed by atoms with Crippen molar-refractivity contribution in [3.05, 3.63) is 35.1 Å². The van der Waals surface area contributed by atoms with Crippen LogP contribution >= 0.6 is 0 Å². The summed E-state index contributed by atoms with van der Waals surface area (Å²) in [5, 5.41) is 3.78. The maximum atomic E-state index is 12.0. The molecular weight excluding hydrogens is 282 g/mol. The molecule has 1 heterocycles. The Labute approximate surface area is 129 Å². The van der Waals surface area contributed by atoms with Crippen molar-refractivity contribution < 1.29 is 18.7 Å². The number of carbonyl (C=O) groups is 2. The average Bonchev–Trinajstić information content (AvgIpc) is 2.90. The molecule has 5 heteroatoms. The molecule has 0 fully saturated rings. The fraction of sp³-hybridized carbons (Fsp3) is 0.412. The molecule has 22 heavy (non-hydrogen) atoms. The highest BCUT2D eigenvalue weighted by Gasteiger charge is 2.12. The number of esters is 1. The van der Waals surface area contributed by atoms with Crippen molar-refractivity contribution >= 4 is 22.8 Å². The van der Waals surface area contributed by atoms with Crippen molar-refractivity contribution in [2.75, 3.05) is 13.7 Å². The van der Waals surface area contributed by atoms with Crippen molar-refractivity contribution in [2.24, 2.45) is 0 Å². The number of hydrogen-bond donors (Lipinski definition) is 1. The lowest BCUT2D eigenvalue weighted by Crippen LogP contribution is -2.26. The molecule has 0 radical (unpaired) electrons. The summed E-state index contributed by atoms with van der Waals surface area (Å²) in [5.74, 6) is -0.341. The number of aryl methyl sites for hydroxylation is 2. The summed E-state index contributed by atoms with van der Waals surface area (Å²) in [4.78, 5) is 22.9. The molecule has 0 atom stereocenters. The number of furan rings is 1. The van der Waals surface area contributed by atoms with Gasteiger partial charge in [0.2, 0.25) is 5.91 Å². The lowest BCUT2D eigenvalue weighted by atomic mass is 10.0. The van der Waals surface area contributed by atoms with E-state index in [1.54, 1.807) is 6.26 Å². The first kappa shape index (κ1) is 16.1. The summed E-state index contributed by atoms with van der Waals surface area (Å²) in [6.45, 7) is 4.50. The SMILES string of the molecule is COC(=O)CCCNC(=O)Cc1coc2c(C)c(C)ccc12.